The van der Waals surface area contributed by atoms with Crippen molar-refractivity contribution in [2.75, 3.05) is 32.8 Å². The van der Waals surface area contributed by atoms with Crippen molar-refractivity contribution in [1.29, 1.82) is 0 Å². The maximum absolute atomic E-state index is 9.07. The largest absolute Gasteiger partial charge is 0.412 e. The topological polar surface area (TPSA) is 83.2 Å². The van der Waals surface area contributed by atoms with Crippen LogP contribution in [0.2, 0.25) is 0 Å². The van der Waals surface area contributed by atoms with Crippen molar-refractivity contribution in [2.24, 2.45) is 0 Å². The molecular weight excluding hydrogens is 194 g/mol. The summed E-state index contributed by atoms with van der Waals surface area (Å²) in [5.41, 5.74) is 0. The number of quaternary nitrogens is 1. The quantitative estimate of drug-likeness (QED) is 0.594. The van der Waals surface area contributed by atoms with Crippen molar-refractivity contribution in [3.63, 3.8) is 0 Å². The van der Waals surface area contributed by atoms with E-state index in [2.05, 4.69) is 20.8 Å². The van der Waals surface area contributed by atoms with E-state index < -0.39 is 0 Å². The Morgan fingerprint density at radius 3 is 1.27 bits per heavy atom. The summed E-state index contributed by atoms with van der Waals surface area (Å²) in [6, 6.07) is 0. The van der Waals surface area contributed by atoms with E-state index in [1.807, 2.05) is 0 Å². The summed E-state index contributed by atoms with van der Waals surface area (Å²) in [6.07, 6.45) is 3.67. The molecule has 0 atom stereocenters. The summed E-state index contributed by atoms with van der Waals surface area (Å²) in [6.45, 7) is 11.6. The summed E-state index contributed by atoms with van der Waals surface area (Å²) >= 11 is 0. The second kappa shape index (κ2) is 11.9. The Morgan fingerprint density at radius 1 is 0.733 bits per heavy atom. The lowest BCUT2D eigenvalue weighted by Crippen LogP contribution is -2.51. The second-order valence-corrected chi connectivity index (χ2v) is 3.96. The standard InChI is InChI=1S/C11H26NO.2H2O/c1-4-7-12(8-5-2,9-6-3)10-11-13;;/h13H,4-11H2,1-3H3;2*1H2/q+1;;. The fraction of sp³-hybridized carbons (Fsp3) is 1.00. The van der Waals surface area contributed by atoms with Crippen LogP contribution >= 0.6 is 0 Å². The molecule has 0 rings (SSSR count). The minimum atomic E-state index is 0. The summed E-state index contributed by atoms with van der Waals surface area (Å²) in [5.74, 6) is 0. The van der Waals surface area contributed by atoms with Gasteiger partial charge in [-0.05, 0) is 19.3 Å². The third-order valence-corrected chi connectivity index (χ3v) is 2.67. The van der Waals surface area contributed by atoms with Crippen LogP contribution in [0.15, 0.2) is 0 Å². The van der Waals surface area contributed by atoms with Crippen molar-refractivity contribution in [3.05, 3.63) is 0 Å². The van der Waals surface area contributed by atoms with Crippen LogP contribution in [0.5, 0.6) is 0 Å². The molecule has 5 N–H and O–H groups in total. The molecule has 0 fully saturated rings. The van der Waals surface area contributed by atoms with Crippen LogP contribution in [0.25, 0.3) is 0 Å². The van der Waals surface area contributed by atoms with Gasteiger partial charge in [0.2, 0.25) is 0 Å². The van der Waals surface area contributed by atoms with E-state index in [0.29, 0.717) is 6.61 Å². The highest BCUT2D eigenvalue weighted by Crippen LogP contribution is 2.10. The second-order valence-electron chi connectivity index (χ2n) is 3.96. The minimum absolute atomic E-state index is 0. The monoisotopic (exact) mass is 224 g/mol. The Labute approximate surface area is 94.1 Å². The van der Waals surface area contributed by atoms with E-state index in [0.717, 1.165) is 11.0 Å². The van der Waals surface area contributed by atoms with Gasteiger partial charge < -0.3 is 20.5 Å². The molecule has 0 heterocycles. The van der Waals surface area contributed by atoms with Gasteiger partial charge in [0.15, 0.2) is 0 Å². The number of hydrogen-bond acceptors (Lipinski definition) is 1. The molecule has 15 heavy (non-hydrogen) atoms. The van der Waals surface area contributed by atoms with Gasteiger partial charge in [-0.1, -0.05) is 20.8 Å². The predicted molar refractivity (Wildman–Crippen MR) is 64.9 cm³/mol. The van der Waals surface area contributed by atoms with E-state index in [9.17, 15) is 0 Å². The lowest BCUT2D eigenvalue weighted by molar-refractivity contribution is -0.928. The number of rotatable bonds is 8. The van der Waals surface area contributed by atoms with Crippen LogP contribution in [-0.4, -0.2) is 53.3 Å². The van der Waals surface area contributed by atoms with Crippen molar-refractivity contribution < 1.29 is 20.5 Å². The van der Waals surface area contributed by atoms with Gasteiger partial charge in [0.05, 0.1) is 26.2 Å². The Hall–Kier alpha value is -0.160. The molecule has 96 valence electrons. The zero-order valence-electron chi connectivity index (χ0n) is 10.6. The van der Waals surface area contributed by atoms with Crippen LogP contribution < -0.4 is 0 Å². The molecule has 0 saturated carbocycles. The van der Waals surface area contributed by atoms with E-state index in [1.165, 1.54) is 38.9 Å². The molecule has 0 aromatic rings. The zero-order chi connectivity index (χ0) is 10.2. The summed E-state index contributed by atoms with van der Waals surface area (Å²) in [5, 5.41) is 9.07. The number of aliphatic hydroxyl groups is 1. The Bertz CT molecular complexity index is 90.9. The van der Waals surface area contributed by atoms with Crippen LogP contribution in [0.1, 0.15) is 40.0 Å². The summed E-state index contributed by atoms with van der Waals surface area (Å²) in [4.78, 5) is 0. The smallest absolute Gasteiger partial charge is 0.102 e. The van der Waals surface area contributed by atoms with Gasteiger partial charge in [0.25, 0.3) is 0 Å². The average molecular weight is 224 g/mol. The van der Waals surface area contributed by atoms with E-state index in [-0.39, 0.29) is 11.0 Å². The molecular formula is C11H30NO3+. The van der Waals surface area contributed by atoms with Gasteiger partial charge in [-0.3, -0.25) is 0 Å². The molecule has 0 bridgehead atoms. The van der Waals surface area contributed by atoms with Gasteiger partial charge in [-0.2, -0.15) is 0 Å². The van der Waals surface area contributed by atoms with Crippen molar-refractivity contribution in [2.45, 2.75) is 40.0 Å². The first-order valence-electron chi connectivity index (χ1n) is 5.70. The fourth-order valence-electron chi connectivity index (χ4n) is 2.31. The predicted octanol–water partition coefficient (Wildman–Crippen LogP) is 0.376. The minimum Gasteiger partial charge on any atom is -0.412 e. The van der Waals surface area contributed by atoms with Gasteiger partial charge >= 0.3 is 0 Å². The Kier molecular flexibility index (Phi) is 16.1. The average Bonchev–Trinajstić information content (AvgIpc) is 2.06. The molecule has 4 nitrogen and oxygen atoms in total. The maximum Gasteiger partial charge on any atom is 0.102 e. The molecule has 0 amide bonds. The zero-order valence-corrected chi connectivity index (χ0v) is 10.6. The normalized spacial score (nSPS) is 10.4. The van der Waals surface area contributed by atoms with Gasteiger partial charge in [-0.15, -0.1) is 0 Å². The van der Waals surface area contributed by atoms with Crippen LogP contribution in [0.3, 0.4) is 0 Å². The Morgan fingerprint density at radius 2 is 1.07 bits per heavy atom. The molecule has 0 aliphatic carbocycles. The SMILES string of the molecule is CCC[N+](CCC)(CCC)CCO.O.O. The molecule has 0 spiro atoms. The first-order chi connectivity index (χ1) is 6.24. The number of nitrogens with zero attached hydrogens (tertiary/aromatic N) is 1. The third-order valence-electron chi connectivity index (χ3n) is 2.67. The molecule has 0 unspecified atom stereocenters. The van der Waals surface area contributed by atoms with Gasteiger partial charge in [0, 0.05) is 0 Å². The van der Waals surface area contributed by atoms with Crippen molar-refractivity contribution >= 4 is 0 Å². The van der Waals surface area contributed by atoms with Crippen LogP contribution in [0, 0.1) is 0 Å². The van der Waals surface area contributed by atoms with Crippen LogP contribution in [-0.2, 0) is 0 Å². The molecule has 0 radical (unpaired) electrons. The Balaban J connectivity index is -0.000000720. The van der Waals surface area contributed by atoms with Gasteiger partial charge in [-0.25, -0.2) is 0 Å². The van der Waals surface area contributed by atoms with E-state index in [1.54, 1.807) is 0 Å². The maximum atomic E-state index is 9.07. The lowest BCUT2D eigenvalue weighted by atomic mass is 10.2. The molecule has 0 aliphatic heterocycles. The highest BCUT2D eigenvalue weighted by Gasteiger charge is 2.23. The molecule has 0 aromatic heterocycles. The highest BCUT2D eigenvalue weighted by molar-refractivity contribution is 4.43. The fourth-order valence-corrected chi connectivity index (χ4v) is 2.31. The van der Waals surface area contributed by atoms with E-state index in [4.69, 9.17) is 5.11 Å². The summed E-state index contributed by atoms with van der Waals surface area (Å²) < 4.78 is 1.12. The van der Waals surface area contributed by atoms with E-state index >= 15 is 0 Å². The highest BCUT2D eigenvalue weighted by atomic mass is 16.3. The summed E-state index contributed by atoms with van der Waals surface area (Å²) in [7, 11) is 0. The number of hydrogen-bond donors (Lipinski definition) is 1. The number of aliphatic hydroxyl groups excluding tert-OH is 1. The molecule has 0 aliphatic rings. The van der Waals surface area contributed by atoms with Crippen molar-refractivity contribution in [3.8, 4) is 0 Å². The van der Waals surface area contributed by atoms with Crippen LogP contribution in [0.4, 0.5) is 0 Å². The third kappa shape index (κ3) is 7.73. The van der Waals surface area contributed by atoms with Crippen molar-refractivity contribution in [1.82, 2.24) is 0 Å². The molecule has 0 aromatic carbocycles. The lowest BCUT2D eigenvalue weighted by Gasteiger charge is -2.38. The first kappa shape index (κ1) is 20.3. The first-order valence-corrected chi connectivity index (χ1v) is 5.70. The van der Waals surface area contributed by atoms with Gasteiger partial charge in [0.1, 0.15) is 6.54 Å². The molecule has 4 heteroatoms. The molecule has 0 saturated heterocycles.